The Morgan fingerprint density at radius 3 is 2.32 bits per heavy atom. The Kier molecular flexibility index (Phi) is 13.1. The van der Waals surface area contributed by atoms with Crippen molar-refractivity contribution in [1.29, 1.82) is 0 Å². The number of carbonyl (C=O) groups excluding carboxylic acids is 2. The van der Waals surface area contributed by atoms with Crippen LogP contribution in [0.1, 0.15) is 28.7 Å². The normalized spacial score (nSPS) is 10.8. The lowest BCUT2D eigenvalue weighted by Crippen LogP contribution is -2.45. The van der Waals surface area contributed by atoms with Crippen molar-refractivity contribution < 1.29 is 23.8 Å². The van der Waals surface area contributed by atoms with E-state index in [2.05, 4.69) is 5.32 Å². The van der Waals surface area contributed by atoms with Crippen LogP contribution in [0.5, 0.6) is 11.5 Å². The summed E-state index contributed by atoms with van der Waals surface area (Å²) in [6, 6.07) is 14.3. The Labute approximate surface area is 256 Å². The highest BCUT2D eigenvalue weighted by Gasteiger charge is 2.23. The number of methoxy groups -OCH3 is 2. The summed E-state index contributed by atoms with van der Waals surface area (Å²) < 4.78 is 16.3. The topological polar surface area (TPSA) is 80.3 Å². The van der Waals surface area contributed by atoms with Crippen LogP contribution in [0.25, 0.3) is 0 Å². The molecule has 0 saturated heterocycles. The summed E-state index contributed by atoms with van der Waals surface area (Å²) in [7, 11) is 3.19. The first-order chi connectivity index (χ1) is 19.7. The van der Waals surface area contributed by atoms with Gasteiger partial charge in [-0.2, -0.15) is 0 Å². The summed E-state index contributed by atoms with van der Waals surface area (Å²) in [5, 5.41) is 3.42. The zero-order valence-corrected chi connectivity index (χ0v) is 26.2. The fourth-order valence-corrected chi connectivity index (χ4v) is 5.57. The molecule has 1 heterocycles. The standard InChI is InChI=1S/C30H37Cl2N3O5S/c1-5-40-17-7-15-35(30(37)33-29-24(31)8-6-9-25(29)32)20-28(36)34(19-23-12-10-21(2)41-23)16-14-22-11-13-26(38-3)27(18-22)39-4/h6,8-13,18H,5,7,14-17,19-20H2,1-4H3,(H,33,37). The molecule has 222 valence electrons. The van der Waals surface area contributed by atoms with Crippen LogP contribution in [0.4, 0.5) is 10.5 Å². The largest absolute Gasteiger partial charge is 0.493 e. The molecule has 0 spiro atoms. The van der Waals surface area contributed by atoms with Gasteiger partial charge in [0, 0.05) is 36.1 Å². The molecular weight excluding hydrogens is 585 g/mol. The van der Waals surface area contributed by atoms with Crippen LogP contribution in [0.2, 0.25) is 10.0 Å². The quantitative estimate of drug-likeness (QED) is 0.186. The van der Waals surface area contributed by atoms with Gasteiger partial charge < -0.3 is 29.3 Å². The van der Waals surface area contributed by atoms with Crippen LogP contribution in [0.15, 0.2) is 48.5 Å². The molecule has 41 heavy (non-hydrogen) atoms. The van der Waals surface area contributed by atoms with Crippen LogP contribution in [-0.2, 0) is 22.5 Å². The van der Waals surface area contributed by atoms with E-state index in [1.54, 1.807) is 48.7 Å². The van der Waals surface area contributed by atoms with Crippen molar-refractivity contribution in [2.75, 3.05) is 52.4 Å². The van der Waals surface area contributed by atoms with Crippen LogP contribution >= 0.6 is 34.5 Å². The lowest BCUT2D eigenvalue weighted by atomic mass is 10.1. The van der Waals surface area contributed by atoms with Gasteiger partial charge >= 0.3 is 6.03 Å². The van der Waals surface area contributed by atoms with Crippen LogP contribution in [0, 0.1) is 6.92 Å². The second kappa shape index (κ2) is 16.5. The van der Waals surface area contributed by atoms with E-state index in [1.807, 2.05) is 44.2 Å². The number of benzene rings is 2. The van der Waals surface area contributed by atoms with Crippen molar-refractivity contribution in [3.8, 4) is 11.5 Å². The molecule has 0 bridgehead atoms. The molecular formula is C30H37Cl2N3O5S. The van der Waals surface area contributed by atoms with Crippen molar-refractivity contribution >= 4 is 52.2 Å². The number of nitrogens with zero attached hydrogens (tertiary/aromatic N) is 2. The molecule has 0 radical (unpaired) electrons. The maximum absolute atomic E-state index is 13.8. The summed E-state index contributed by atoms with van der Waals surface area (Å²) in [6.45, 7) is 6.09. The SMILES string of the molecule is CCOCCCN(CC(=O)N(CCc1ccc(OC)c(OC)c1)Cc1ccc(C)s1)C(=O)Nc1c(Cl)cccc1Cl. The molecule has 0 unspecified atom stereocenters. The molecule has 0 aliphatic heterocycles. The maximum atomic E-state index is 13.8. The van der Waals surface area contributed by atoms with Crippen molar-refractivity contribution in [3.05, 3.63) is 73.9 Å². The molecule has 11 heteroatoms. The van der Waals surface area contributed by atoms with Crippen molar-refractivity contribution in [3.63, 3.8) is 0 Å². The number of carbonyl (C=O) groups is 2. The van der Waals surface area contributed by atoms with E-state index in [0.717, 1.165) is 10.4 Å². The molecule has 1 N–H and O–H groups in total. The number of nitrogens with one attached hydrogen (secondary N) is 1. The third-order valence-electron chi connectivity index (χ3n) is 6.34. The van der Waals surface area contributed by atoms with Crippen molar-refractivity contribution in [1.82, 2.24) is 9.80 Å². The Hall–Kier alpha value is -2.98. The third kappa shape index (κ3) is 9.81. The van der Waals surface area contributed by atoms with E-state index in [-0.39, 0.29) is 12.5 Å². The highest BCUT2D eigenvalue weighted by Crippen LogP contribution is 2.30. The first-order valence-electron chi connectivity index (χ1n) is 13.4. The number of hydrogen-bond acceptors (Lipinski definition) is 6. The van der Waals surface area contributed by atoms with Crippen LogP contribution in [-0.4, -0.2) is 68.8 Å². The van der Waals surface area contributed by atoms with Crippen LogP contribution < -0.4 is 14.8 Å². The third-order valence-corrected chi connectivity index (χ3v) is 7.96. The van der Waals surface area contributed by atoms with E-state index in [9.17, 15) is 9.59 Å². The molecule has 0 fully saturated rings. The smallest absolute Gasteiger partial charge is 0.322 e. The van der Waals surface area contributed by atoms with Crippen LogP contribution in [0.3, 0.4) is 0 Å². The van der Waals surface area contributed by atoms with E-state index in [1.165, 1.54) is 9.78 Å². The fraction of sp³-hybridized carbons (Fsp3) is 0.400. The van der Waals surface area contributed by atoms with E-state index in [0.29, 0.717) is 72.9 Å². The predicted molar refractivity (Wildman–Crippen MR) is 166 cm³/mol. The summed E-state index contributed by atoms with van der Waals surface area (Å²) in [5.41, 5.74) is 1.31. The number of amides is 3. The molecule has 3 amide bonds. The molecule has 3 aromatic rings. The monoisotopic (exact) mass is 621 g/mol. The number of hydrogen-bond donors (Lipinski definition) is 1. The maximum Gasteiger partial charge on any atom is 0.322 e. The number of para-hydroxylation sites is 1. The predicted octanol–water partition coefficient (Wildman–Crippen LogP) is 6.91. The van der Waals surface area contributed by atoms with Gasteiger partial charge in [-0.1, -0.05) is 35.3 Å². The molecule has 0 atom stereocenters. The Bertz CT molecular complexity index is 1280. The number of anilines is 1. The minimum atomic E-state index is -0.461. The average molecular weight is 623 g/mol. The van der Waals surface area contributed by atoms with Gasteiger partial charge in [0.15, 0.2) is 11.5 Å². The molecule has 2 aromatic carbocycles. The second-order valence-corrected chi connectivity index (χ2v) is 11.5. The molecule has 1 aromatic heterocycles. The van der Waals surface area contributed by atoms with Gasteiger partial charge in [0.1, 0.15) is 6.54 Å². The van der Waals surface area contributed by atoms with Crippen molar-refractivity contribution in [2.45, 2.75) is 33.2 Å². The zero-order valence-electron chi connectivity index (χ0n) is 23.9. The minimum absolute atomic E-state index is 0.115. The lowest BCUT2D eigenvalue weighted by molar-refractivity contribution is -0.132. The molecule has 0 aliphatic rings. The Morgan fingerprint density at radius 1 is 0.951 bits per heavy atom. The zero-order chi connectivity index (χ0) is 29.8. The van der Waals surface area contributed by atoms with E-state index < -0.39 is 6.03 Å². The van der Waals surface area contributed by atoms with Gasteiger partial charge in [-0.05, 0) is 68.7 Å². The van der Waals surface area contributed by atoms with Crippen molar-refractivity contribution in [2.24, 2.45) is 0 Å². The molecule has 3 rings (SSSR count). The number of thiophene rings is 1. The molecule has 8 nitrogen and oxygen atoms in total. The summed E-state index contributed by atoms with van der Waals surface area (Å²) in [6.07, 6.45) is 1.17. The van der Waals surface area contributed by atoms with Gasteiger partial charge in [-0.3, -0.25) is 4.79 Å². The molecule has 0 aliphatic carbocycles. The van der Waals surface area contributed by atoms with Gasteiger partial charge in [0.2, 0.25) is 5.91 Å². The second-order valence-electron chi connectivity index (χ2n) is 9.27. The number of urea groups is 1. The lowest BCUT2D eigenvalue weighted by Gasteiger charge is -2.28. The van der Waals surface area contributed by atoms with E-state index >= 15 is 0 Å². The first-order valence-corrected chi connectivity index (χ1v) is 14.9. The van der Waals surface area contributed by atoms with Gasteiger partial charge in [0.25, 0.3) is 0 Å². The highest BCUT2D eigenvalue weighted by atomic mass is 35.5. The summed E-state index contributed by atoms with van der Waals surface area (Å²) in [5.74, 6) is 1.10. The number of aryl methyl sites for hydroxylation is 1. The first kappa shape index (κ1) is 32.5. The fourth-order valence-electron chi connectivity index (χ4n) is 4.17. The van der Waals surface area contributed by atoms with Gasteiger partial charge in [0.05, 0.1) is 36.5 Å². The molecule has 0 saturated carbocycles. The number of rotatable bonds is 15. The Balaban J connectivity index is 1.79. The Morgan fingerprint density at radius 2 is 1.68 bits per heavy atom. The van der Waals surface area contributed by atoms with Gasteiger partial charge in [-0.25, -0.2) is 4.79 Å². The van der Waals surface area contributed by atoms with E-state index in [4.69, 9.17) is 37.4 Å². The number of ether oxygens (including phenoxy) is 3. The number of halogens is 2. The average Bonchev–Trinajstić information content (AvgIpc) is 3.38. The summed E-state index contributed by atoms with van der Waals surface area (Å²) in [4.78, 5) is 32.6. The highest BCUT2D eigenvalue weighted by molar-refractivity contribution is 7.11. The summed E-state index contributed by atoms with van der Waals surface area (Å²) >= 11 is 14.2. The van der Waals surface area contributed by atoms with Gasteiger partial charge in [-0.15, -0.1) is 11.3 Å². The minimum Gasteiger partial charge on any atom is -0.493 e.